The maximum absolute atomic E-state index is 11.3. The molecule has 2 aromatic carbocycles. The zero-order chi connectivity index (χ0) is 16.8. The average molecular weight is 314 g/mol. The zero-order valence-electron chi connectivity index (χ0n) is 12.7. The van der Waals surface area contributed by atoms with Gasteiger partial charge in [0.05, 0.1) is 11.0 Å². The molecule has 0 aromatic heterocycles. The average Bonchev–Trinajstić information content (AvgIpc) is 2.53. The van der Waals surface area contributed by atoms with Gasteiger partial charge in [-0.2, -0.15) is 0 Å². The number of Topliss-reactive ketones (excluding diaryl/α,β-unsaturated/α-hetero) is 1. The Labute approximate surface area is 133 Å². The monoisotopic (exact) mass is 314 g/mol. The van der Waals surface area contributed by atoms with Gasteiger partial charge in [-0.3, -0.25) is 14.9 Å². The zero-order valence-corrected chi connectivity index (χ0v) is 12.7. The third-order valence-corrected chi connectivity index (χ3v) is 3.44. The molecule has 0 bridgehead atoms. The first-order valence-corrected chi connectivity index (χ1v) is 7.22. The van der Waals surface area contributed by atoms with E-state index in [1.165, 1.54) is 25.1 Å². The van der Waals surface area contributed by atoms with Gasteiger partial charge < -0.3 is 10.4 Å². The van der Waals surface area contributed by atoms with Crippen molar-refractivity contribution in [1.82, 2.24) is 0 Å². The second-order valence-corrected chi connectivity index (χ2v) is 5.27. The van der Waals surface area contributed by atoms with Crippen molar-refractivity contribution in [3.8, 4) is 0 Å². The number of aliphatic hydroxyl groups is 1. The summed E-state index contributed by atoms with van der Waals surface area (Å²) in [6.45, 7) is 1.53. The van der Waals surface area contributed by atoms with E-state index in [0.717, 1.165) is 5.56 Å². The molecule has 120 valence electrons. The van der Waals surface area contributed by atoms with Crippen molar-refractivity contribution in [2.45, 2.75) is 19.4 Å². The number of benzene rings is 2. The van der Waals surface area contributed by atoms with Gasteiger partial charge in [0.2, 0.25) is 0 Å². The van der Waals surface area contributed by atoms with E-state index in [-0.39, 0.29) is 29.3 Å². The molecule has 23 heavy (non-hydrogen) atoms. The van der Waals surface area contributed by atoms with Crippen LogP contribution in [0.3, 0.4) is 0 Å². The number of ketones is 1. The fraction of sp³-hybridized carbons (Fsp3) is 0.235. The lowest BCUT2D eigenvalue weighted by Crippen LogP contribution is -2.22. The molecule has 0 amide bonds. The summed E-state index contributed by atoms with van der Waals surface area (Å²) in [7, 11) is 0. The Morgan fingerprint density at radius 2 is 1.96 bits per heavy atom. The summed E-state index contributed by atoms with van der Waals surface area (Å²) in [4.78, 5) is 21.9. The summed E-state index contributed by atoms with van der Waals surface area (Å²) in [6.07, 6.45) is -0.225. The third kappa shape index (κ3) is 4.62. The molecule has 0 saturated heterocycles. The lowest BCUT2D eigenvalue weighted by molar-refractivity contribution is -0.384. The highest BCUT2D eigenvalue weighted by molar-refractivity contribution is 5.95. The number of aliphatic hydroxyl groups excluding tert-OH is 1. The van der Waals surface area contributed by atoms with E-state index in [0.29, 0.717) is 6.42 Å². The summed E-state index contributed by atoms with van der Waals surface area (Å²) >= 11 is 0. The van der Waals surface area contributed by atoms with Gasteiger partial charge in [0.15, 0.2) is 5.78 Å². The van der Waals surface area contributed by atoms with Gasteiger partial charge in [-0.15, -0.1) is 0 Å². The van der Waals surface area contributed by atoms with Crippen LogP contribution in [0, 0.1) is 10.1 Å². The number of hydrogen-bond acceptors (Lipinski definition) is 5. The van der Waals surface area contributed by atoms with Crippen molar-refractivity contribution in [2.24, 2.45) is 0 Å². The number of carbonyl (C=O) groups is 1. The minimum Gasteiger partial charge on any atom is -0.391 e. The highest BCUT2D eigenvalue weighted by Gasteiger charge is 2.17. The summed E-state index contributed by atoms with van der Waals surface area (Å²) in [5.41, 5.74) is 1.38. The topological polar surface area (TPSA) is 92.5 Å². The van der Waals surface area contributed by atoms with Crippen LogP contribution in [0.1, 0.15) is 22.8 Å². The molecule has 0 spiro atoms. The van der Waals surface area contributed by atoms with Crippen LogP contribution in [0.2, 0.25) is 0 Å². The highest BCUT2D eigenvalue weighted by Crippen LogP contribution is 2.25. The maximum Gasteiger partial charge on any atom is 0.293 e. The van der Waals surface area contributed by atoms with E-state index < -0.39 is 11.0 Å². The van der Waals surface area contributed by atoms with E-state index in [2.05, 4.69) is 5.32 Å². The molecule has 1 atom stereocenters. The molecule has 0 radical (unpaired) electrons. The molecule has 2 N–H and O–H groups in total. The number of rotatable bonds is 7. The van der Waals surface area contributed by atoms with Crippen molar-refractivity contribution in [2.75, 3.05) is 11.9 Å². The van der Waals surface area contributed by atoms with Crippen LogP contribution in [-0.2, 0) is 6.42 Å². The van der Waals surface area contributed by atoms with Gasteiger partial charge in [0.1, 0.15) is 5.69 Å². The summed E-state index contributed by atoms with van der Waals surface area (Å²) in [6, 6.07) is 13.8. The number of hydrogen-bond donors (Lipinski definition) is 2. The number of nitro groups is 1. The van der Waals surface area contributed by atoms with Gasteiger partial charge in [-0.05, 0) is 24.6 Å². The molecule has 6 heteroatoms. The number of nitrogens with one attached hydrogen (secondary N) is 1. The summed E-state index contributed by atoms with van der Waals surface area (Å²) in [5, 5.41) is 24.1. The summed E-state index contributed by atoms with van der Waals surface area (Å²) < 4.78 is 0. The van der Waals surface area contributed by atoms with Crippen LogP contribution in [0.15, 0.2) is 48.5 Å². The predicted molar refractivity (Wildman–Crippen MR) is 87.7 cm³/mol. The Kier molecular flexibility index (Phi) is 5.43. The first-order valence-electron chi connectivity index (χ1n) is 7.22. The first-order chi connectivity index (χ1) is 11.0. The molecule has 1 unspecified atom stereocenters. The fourth-order valence-electron chi connectivity index (χ4n) is 2.24. The predicted octanol–water partition coefficient (Wildman–Crippen LogP) is 2.81. The van der Waals surface area contributed by atoms with Crippen molar-refractivity contribution >= 4 is 17.2 Å². The van der Waals surface area contributed by atoms with Gasteiger partial charge >= 0.3 is 0 Å². The molecule has 0 aliphatic rings. The second kappa shape index (κ2) is 7.51. The molecule has 2 rings (SSSR count). The van der Waals surface area contributed by atoms with E-state index >= 15 is 0 Å². The molecule has 0 heterocycles. The molecular weight excluding hydrogens is 296 g/mol. The largest absolute Gasteiger partial charge is 0.391 e. The lowest BCUT2D eigenvalue weighted by atomic mass is 10.1. The molecule has 6 nitrogen and oxygen atoms in total. The number of anilines is 1. The highest BCUT2D eigenvalue weighted by atomic mass is 16.6. The second-order valence-electron chi connectivity index (χ2n) is 5.27. The minimum absolute atomic E-state index is 0.176. The lowest BCUT2D eigenvalue weighted by Gasteiger charge is -2.13. The quantitative estimate of drug-likeness (QED) is 0.466. The van der Waals surface area contributed by atoms with Crippen molar-refractivity contribution in [3.63, 3.8) is 0 Å². The van der Waals surface area contributed by atoms with Crippen LogP contribution in [0.25, 0.3) is 0 Å². The number of carbonyl (C=O) groups excluding carboxylic acids is 1. The van der Waals surface area contributed by atoms with Crippen molar-refractivity contribution in [1.29, 1.82) is 0 Å². The molecule has 0 aliphatic heterocycles. The van der Waals surface area contributed by atoms with Gasteiger partial charge in [0.25, 0.3) is 5.69 Å². The van der Waals surface area contributed by atoms with E-state index in [1.54, 1.807) is 0 Å². The molecule has 2 aromatic rings. The molecule has 0 aliphatic carbocycles. The van der Waals surface area contributed by atoms with Crippen LogP contribution in [0.5, 0.6) is 0 Å². The summed E-state index contributed by atoms with van der Waals surface area (Å²) in [5.74, 6) is -0.233. The Hall–Kier alpha value is -2.73. The van der Waals surface area contributed by atoms with Crippen LogP contribution in [0.4, 0.5) is 11.4 Å². The van der Waals surface area contributed by atoms with Crippen LogP contribution >= 0.6 is 0 Å². The third-order valence-electron chi connectivity index (χ3n) is 3.44. The van der Waals surface area contributed by atoms with E-state index in [1.807, 2.05) is 30.3 Å². The van der Waals surface area contributed by atoms with Crippen LogP contribution < -0.4 is 5.32 Å². The van der Waals surface area contributed by atoms with Gasteiger partial charge in [-0.25, -0.2) is 0 Å². The number of nitro benzene ring substituents is 1. The number of nitrogens with zero attached hydrogens (tertiary/aromatic N) is 1. The van der Waals surface area contributed by atoms with Crippen LogP contribution in [-0.4, -0.2) is 28.5 Å². The van der Waals surface area contributed by atoms with Gasteiger partial charge in [-0.1, -0.05) is 30.3 Å². The van der Waals surface area contributed by atoms with Crippen molar-refractivity contribution < 1.29 is 14.8 Å². The Morgan fingerprint density at radius 1 is 1.26 bits per heavy atom. The standard InChI is InChI=1S/C17H18N2O4/c1-12(20)14-7-8-16(17(10-14)19(22)23)18-11-15(21)9-13-5-3-2-4-6-13/h2-8,10,15,18,21H,9,11H2,1H3. The molecule has 0 fully saturated rings. The van der Waals surface area contributed by atoms with E-state index in [4.69, 9.17) is 0 Å². The molecule has 0 saturated carbocycles. The van der Waals surface area contributed by atoms with Crippen molar-refractivity contribution in [3.05, 3.63) is 69.8 Å². The Bertz CT molecular complexity index is 701. The minimum atomic E-state index is -0.676. The maximum atomic E-state index is 11.3. The normalized spacial score (nSPS) is 11.7. The fourth-order valence-corrected chi connectivity index (χ4v) is 2.24. The first kappa shape index (κ1) is 16.6. The van der Waals surface area contributed by atoms with Gasteiger partial charge in [0, 0.05) is 24.6 Å². The SMILES string of the molecule is CC(=O)c1ccc(NCC(O)Cc2ccccc2)c([N+](=O)[O-])c1. The van der Waals surface area contributed by atoms with E-state index in [9.17, 15) is 20.0 Å². The smallest absolute Gasteiger partial charge is 0.293 e. The molecular formula is C17H18N2O4. The Balaban J connectivity index is 2.05. The Morgan fingerprint density at radius 3 is 2.57 bits per heavy atom.